The van der Waals surface area contributed by atoms with Gasteiger partial charge >= 0.3 is 0 Å². The lowest BCUT2D eigenvalue weighted by Crippen LogP contribution is -2.28. The highest BCUT2D eigenvalue weighted by Crippen LogP contribution is 2.32. The summed E-state index contributed by atoms with van der Waals surface area (Å²) in [5, 5.41) is 1.58. The molecule has 30 heavy (non-hydrogen) atoms. The van der Waals surface area contributed by atoms with Gasteiger partial charge < -0.3 is 5.32 Å². The van der Waals surface area contributed by atoms with Gasteiger partial charge in [-0.25, -0.2) is 17.6 Å². The summed E-state index contributed by atoms with van der Waals surface area (Å²) < 4.78 is 56.1. The van der Waals surface area contributed by atoms with Gasteiger partial charge in [-0.15, -0.1) is 0 Å². The third-order valence-corrected chi connectivity index (χ3v) is 4.91. The fourth-order valence-electron chi connectivity index (χ4n) is 3.14. The van der Waals surface area contributed by atoms with Crippen LogP contribution in [0, 0.1) is 29.2 Å². The first-order valence-corrected chi connectivity index (χ1v) is 10.6. The monoisotopic (exact) mass is 443 g/mol. The molecule has 0 heterocycles. The number of benzene rings is 1. The van der Waals surface area contributed by atoms with Crippen molar-refractivity contribution >= 4 is 18.5 Å². The van der Waals surface area contributed by atoms with Gasteiger partial charge in [0, 0.05) is 22.9 Å². The van der Waals surface area contributed by atoms with E-state index in [1.807, 2.05) is 52.8 Å². The Hall–Kier alpha value is -2.02. The van der Waals surface area contributed by atoms with E-state index in [4.69, 9.17) is 0 Å². The van der Waals surface area contributed by atoms with Gasteiger partial charge in [-0.05, 0) is 24.8 Å². The molecule has 0 bridgehead atoms. The minimum Gasteiger partial charge on any atom is -0.325 e. The average molecular weight is 444 g/mol. The Morgan fingerprint density at radius 3 is 2.13 bits per heavy atom. The minimum atomic E-state index is -2.02. The quantitative estimate of drug-likeness (QED) is 0.214. The molecule has 1 atom stereocenters. The van der Waals surface area contributed by atoms with Gasteiger partial charge in [-0.2, -0.15) is 12.6 Å². The fourth-order valence-corrected chi connectivity index (χ4v) is 3.38. The molecule has 0 saturated heterocycles. The molecular weight excluding hydrogens is 414 g/mol. The summed E-state index contributed by atoms with van der Waals surface area (Å²) in [4.78, 5) is 12.8. The topological polar surface area (TPSA) is 29.1 Å². The molecule has 1 aliphatic rings. The lowest BCUT2D eigenvalue weighted by atomic mass is 9.97. The Morgan fingerprint density at radius 2 is 1.63 bits per heavy atom. The van der Waals surface area contributed by atoms with Crippen LogP contribution in [0.3, 0.4) is 0 Å². The smallest absolute Gasteiger partial charge is 0.258 e. The predicted molar refractivity (Wildman–Crippen MR) is 116 cm³/mol. The zero-order valence-electron chi connectivity index (χ0n) is 18.2. The summed E-state index contributed by atoms with van der Waals surface area (Å²) in [5.74, 6) is -8.31. The summed E-state index contributed by atoms with van der Waals surface area (Å²) in [6.07, 6.45) is 6.78. The summed E-state index contributed by atoms with van der Waals surface area (Å²) in [5.41, 5.74) is 0.882. The van der Waals surface area contributed by atoms with Gasteiger partial charge in [-0.1, -0.05) is 58.4 Å². The number of rotatable bonds is 5. The first-order chi connectivity index (χ1) is 14.1. The molecule has 0 aliphatic heterocycles. The van der Waals surface area contributed by atoms with E-state index in [0.717, 1.165) is 17.6 Å². The Morgan fingerprint density at radius 1 is 1.07 bits per heavy atom. The van der Waals surface area contributed by atoms with E-state index in [2.05, 4.69) is 17.9 Å². The number of halogens is 4. The molecule has 0 radical (unpaired) electrons. The van der Waals surface area contributed by atoms with Crippen LogP contribution in [0.5, 0.6) is 0 Å². The Bertz CT molecular complexity index is 886. The van der Waals surface area contributed by atoms with Crippen LogP contribution in [0.1, 0.15) is 75.6 Å². The van der Waals surface area contributed by atoms with Crippen molar-refractivity contribution in [2.45, 2.75) is 59.6 Å². The SMILES string of the molecule is CC.CCC1=CC=CC(C(C)C)=C(NC(=O)c2c(F)c(F)c(F)c(F)c2C(C)S)C1. The van der Waals surface area contributed by atoms with E-state index in [1.54, 1.807) is 0 Å². The zero-order valence-corrected chi connectivity index (χ0v) is 19.1. The van der Waals surface area contributed by atoms with Gasteiger partial charge in [0.1, 0.15) is 0 Å². The van der Waals surface area contributed by atoms with Crippen molar-refractivity contribution in [1.82, 2.24) is 5.32 Å². The molecule has 1 N–H and O–H groups in total. The van der Waals surface area contributed by atoms with E-state index in [-0.39, 0.29) is 5.92 Å². The summed E-state index contributed by atoms with van der Waals surface area (Å²) >= 11 is 4.01. The van der Waals surface area contributed by atoms with Crippen molar-refractivity contribution in [3.8, 4) is 0 Å². The van der Waals surface area contributed by atoms with Crippen molar-refractivity contribution in [1.29, 1.82) is 0 Å². The Labute approximate surface area is 181 Å². The largest absolute Gasteiger partial charge is 0.325 e. The fraction of sp³-hybridized carbons (Fsp3) is 0.435. The second-order valence-corrected chi connectivity index (χ2v) is 7.75. The van der Waals surface area contributed by atoms with E-state index >= 15 is 0 Å². The van der Waals surface area contributed by atoms with Gasteiger partial charge in [-0.3, -0.25) is 4.79 Å². The molecule has 1 aromatic carbocycles. The molecule has 1 aliphatic carbocycles. The number of allylic oxidation sites excluding steroid dienone is 5. The van der Waals surface area contributed by atoms with Crippen LogP contribution in [-0.2, 0) is 0 Å². The van der Waals surface area contributed by atoms with Crippen LogP contribution in [0.4, 0.5) is 17.6 Å². The number of carbonyl (C=O) groups excluding carboxylic acids is 1. The maximum Gasteiger partial charge on any atom is 0.258 e. The lowest BCUT2D eigenvalue weighted by Gasteiger charge is -2.20. The number of carbonyl (C=O) groups is 1. The van der Waals surface area contributed by atoms with Crippen molar-refractivity contribution < 1.29 is 22.4 Å². The van der Waals surface area contributed by atoms with Crippen LogP contribution < -0.4 is 5.32 Å². The number of hydrogen-bond acceptors (Lipinski definition) is 2. The Balaban J connectivity index is 0.00000218. The van der Waals surface area contributed by atoms with Crippen molar-refractivity contribution in [2.24, 2.45) is 5.92 Å². The van der Waals surface area contributed by atoms with Gasteiger partial charge in [0.2, 0.25) is 0 Å². The zero-order chi connectivity index (χ0) is 23.2. The van der Waals surface area contributed by atoms with Crippen LogP contribution in [0.2, 0.25) is 0 Å². The predicted octanol–water partition coefficient (Wildman–Crippen LogP) is 7.20. The third kappa shape index (κ3) is 5.56. The number of thiol groups is 1. The maximum absolute atomic E-state index is 14.4. The van der Waals surface area contributed by atoms with Crippen molar-refractivity contribution in [3.63, 3.8) is 0 Å². The molecule has 0 aromatic heterocycles. The summed E-state index contributed by atoms with van der Waals surface area (Å²) in [7, 11) is 0. The van der Waals surface area contributed by atoms with Gasteiger partial charge in [0.05, 0.1) is 5.56 Å². The average Bonchev–Trinajstić information content (AvgIpc) is 2.92. The summed E-state index contributed by atoms with van der Waals surface area (Å²) in [6.45, 7) is 11.2. The molecule has 0 spiro atoms. The van der Waals surface area contributed by atoms with E-state index < -0.39 is 45.6 Å². The number of nitrogens with one attached hydrogen (secondary N) is 1. The lowest BCUT2D eigenvalue weighted by molar-refractivity contribution is 0.0957. The van der Waals surface area contributed by atoms with Gasteiger partial charge in [0.25, 0.3) is 5.91 Å². The highest BCUT2D eigenvalue weighted by Gasteiger charge is 2.31. The number of hydrogen-bond donors (Lipinski definition) is 2. The first-order valence-electron chi connectivity index (χ1n) is 10.0. The molecule has 2 nitrogen and oxygen atoms in total. The van der Waals surface area contributed by atoms with Crippen LogP contribution in [-0.4, -0.2) is 5.91 Å². The Kier molecular flexibility index (Phi) is 9.88. The molecule has 7 heteroatoms. The van der Waals surface area contributed by atoms with E-state index in [9.17, 15) is 22.4 Å². The molecule has 166 valence electrons. The molecule has 1 aromatic rings. The van der Waals surface area contributed by atoms with E-state index in [0.29, 0.717) is 12.1 Å². The van der Waals surface area contributed by atoms with Crippen LogP contribution in [0.25, 0.3) is 0 Å². The normalized spacial score (nSPS) is 14.7. The highest BCUT2D eigenvalue weighted by atomic mass is 32.1. The second kappa shape index (κ2) is 11.4. The first kappa shape index (κ1) is 26.0. The van der Waals surface area contributed by atoms with Crippen LogP contribution >= 0.6 is 12.6 Å². The molecule has 2 rings (SSSR count). The summed E-state index contributed by atoms with van der Waals surface area (Å²) in [6, 6.07) is 0. The van der Waals surface area contributed by atoms with E-state index in [1.165, 1.54) is 6.92 Å². The standard InChI is InChI=1S/C21H23F4NOS.C2H6/c1-5-12-7-6-8-13(10(2)3)14(9-12)26-21(27)16-15(11(4)28)17(22)19(24)20(25)18(16)23;1-2/h6-8,10-11,28H,5,9H2,1-4H3,(H,26,27);1-2H3. The molecule has 1 unspecified atom stereocenters. The van der Waals surface area contributed by atoms with Crippen LogP contribution in [0.15, 0.2) is 35.1 Å². The molecule has 0 fully saturated rings. The third-order valence-electron chi connectivity index (χ3n) is 4.65. The molecule has 1 amide bonds. The number of amides is 1. The van der Waals surface area contributed by atoms with Gasteiger partial charge in [0.15, 0.2) is 23.3 Å². The highest BCUT2D eigenvalue weighted by molar-refractivity contribution is 7.80. The maximum atomic E-state index is 14.4. The van der Waals surface area contributed by atoms with Crippen molar-refractivity contribution in [2.75, 3.05) is 0 Å². The molecule has 0 saturated carbocycles. The second-order valence-electron chi connectivity index (χ2n) is 6.98. The van der Waals surface area contributed by atoms with Crippen molar-refractivity contribution in [3.05, 3.63) is 69.5 Å². The molecular formula is C23H29F4NOS. The minimum absolute atomic E-state index is 0.0472.